The van der Waals surface area contributed by atoms with Gasteiger partial charge in [0.15, 0.2) is 0 Å². The van der Waals surface area contributed by atoms with E-state index in [2.05, 4.69) is 9.72 Å². The summed E-state index contributed by atoms with van der Waals surface area (Å²) in [5.74, 6) is -4.05. The van der Waals surface area contributed by atoms with Crippen LogP contribution in [0.15, 0.2) is 6.07 Å². The van der Waals surface area contributed by atoms with Crippen LogP contribution in [0.2, 0.25) is 0 Å². The van der Waals surface area contributed by atoms with Gasteiger partial charge in [0.25, 0.3) is 18.2 Å². The van der Waals surface area contributed by atoms with Crippen molar-refractivity contribution in [1.82, 2.24) is 4.98 Å². The second-order valence-electron chi connectivity index (χ2n) is 5.45. The molecule has 1 aliphatic rings. The molecule has 1 aliphatic heterocycles. The van der Waals surface area contributed by atoms with Crippen LogP contribution in [0.5, 0.6) is 5.75 Å². The number of amides is 1. The molecule has 2 rings (SSSR count). The predicted octanol–water partition coefficient (Wildman–Crippen LogP) is 2.66. The molecule has 134 valence electrons. The summed E-state index contributed by atoms with van der Waals surface area (Å²) in [5, 5.41) is 0. The highest BCUT2D eigenvalue weighted by molar-refractivity contribution is 5.98. The molecule has 1 saturated heterocycles. The quantitative estimate of drug-likeness (QED) is 0.827. The first-order valence-corrected chi connectivity index (χ1v) is 7.14. The Labute approximate surface area is 134 Å². The summed E-state index contributed by atoms with van der Waals surface area (Å²) in [4.78, 5) is 17.1. The molecule has 1 atom stereocenters. The minimum atomic E-state index is -3.37. The average molecular weight is 353 g/mol. The Morgan fingerprint density at radius 1 is 1.33 bits per heavy atom. The van der Waals surface area contributed by atoms with Gasteiger partial charge in [-0.3, -0.25) is 4.79 Å². The van der Waals surface area contributed by atoms with Crippen molar-refractivity contribution in [2.45, 2.75) is 38.5 Å². The van der Waals surface area contributed by atoms with E-state index in [0.717, 1.165) is 6.07 Å². The number of rotatable bonds is 5. The summed E-state index contributed by atoms with van der Waals surface area (Å²) in [6, 6.07) is 1.00. The van der Waals surface area contributed by atoms with E-state index in [9.17, 15) is 26.7 Å². The number of carbonyl (C=O) groups is 1. The smallest absolute Gasteiger partial charge is 0.304 e. The molecule has 0 spiro atoms. The van der Waals surface area contributed by atoms with Gasteiger partial charge in [0.2, 0.25) is 0 Å². The van der Waals surface area contributed by atoms with Crippen molar-refractivity contribution < 1.29 is 31.5 Å². The highest BCUT2D eigenvalue weighted by Crippen LogP contribution is 2.33. The standard InChI is InChI=1S/C14H16F5N3O2/c1-7-9(24-11(17)10(15)16)6-8(12(20)23)13(21-7)22-4-2-14(18,19)3-5-22/h6,10-11H,2-5H2,1H3,(H2,20,23). The van der Waals surface area contributed by atoms with Crippen molar-refractivity contribution in [2.75, 3.05) is 18.0 Å². The third kappa shape index (κ3) is 4.04. The van der Waals surface area contributed by atoms with E-state index in [4.69, 9.17) is 5.73 Å². The number of anilines is 1. The maximum Gasteiger partial charge on any atom is 0.304 e. The fourth-order valence-electron chi connectivity index (χ4n) is 2.33. The Hall–Kier alpha value is -2.13. The zero-order valence-electron chi connectivity index (χ0n) is 12.7. The molecule has 24 heavy (non-hydrogen) atoms. The van der Waals surface area contributed by atoms with Gasteiger partial charge in [-0.05, 0) is 13.0 Å². The summed E-state index contributed by atoms with van der Waals surface area (Å²) in [6.07, 6.45) is -7.08. The topological polar surface area (TPSA) is 68.5 Å². The van der Waals surface area contributed by atoms with Crippen molar-refractivity contribution in [2.24, 2.45) is 5.73 Å². The lowest BCUT2D eigenvalue weighted by Gasteiger charge is -2.33. The molecule has 1 amide bonds. The minimum Gasteiger partial charge on any atom is -0.453 e. The summed E-state index contributed by atoms with van der Waals surface area (Å²) in [6.45, 7) is 1.26. The summed E-state index contributed by atoms with van der Waals surface area (Å²) in [5.41, 5.74) is 5.06. The molecule has 1 aromatic heterocycles. The Balaban J connectivity index is 2.32. The molecule has 0 aliphatic carbocycles. The van der Waals surface area contributed by atoms with Crippen molar-refractivity contribution in [3.05, 3.63) is 17.3 Å². The van der Waals surface area contributed by atoms with Gasteiger partial charge in [-0.2, -0.15) is 4.39 Å². The number of carbonyl (C=O) groups excluding carboxylic acids is 1. The normalized spacial score (nSPS) is 18.5. The number of aromatic nitrogens is 1. The SMILES string of the molecule is Cc1nc(N2CCC(F)(F)CC2)c(C(N)=O)cc1OC(F)C(F)F. The first kappa shape index (κ1) is 18.2. The number of nitrogens with zero attached hydrogens (tertiary/aromatic N) is 2. The van der Waals surface area contributed by atoms with Gasteiger partial charge in [0.1, 0.15) is 11.6 Å². The van der Waals surface area contributed by atoms with Crippen molar-refractivity contribution >= 4 is 11.7 Å². The summed E-state index contributed by atoms with van der Waals surface area (Å²) >= 11 is 0. The van der Waals surface area contributed by atoms with E-state index in [1.54, 1.807) is 0 Å². The molecule has 0 saturated carbocycles. The van der Waals surface area contributed by atoms with Gasteiger partial charge in [-0.1, -0.05) is 0 Å². The Bertz CT molecular complexity index is 617. The molecule has 2 heterocycles. The van der Waals surface area contributed by atoms with E-state index in [1.165, 1.54) is 11.8 Å². The van der Waals surface area contributed by atoms with Crippen LogP contribution >= 0.6 is 0 Å². The van der Waals surface area contributed by atoms with Gasteiger partial charge in [0.05, 0.1) is 11.3 Å². The van der Waals surface area contributed by atoms with Crippen LogP contribution < -0.4 is 15.4 Å². The van der Waals surface area contributed by atoms with E-state index in [0.29, 0.717) is 0 Å². The molecular weight excluding hydrogens is 337 g/mol. The van der Waals surface area contributed by atoms with Crippen LogP contribution in [0.25, 0.3) is 0 Å². The van der Waals surface area contributed by atoms with Crippen LogP contribution in [0.3, 0.4) is 0 Å². The minimum absolute atomic E-state index is 0.0376. The van der Waals surface area contributed by atoms with Crippen molar-refractivity contribution in [3.63, 3.8) is 0 Å². The van der Waals surface area contributed by atoms with Crippen LogP contribution in [0.1, 0.15) is 28.9 Å². The van der Waals surface area contributed by atoms with E-state index < -0.39 is 37.5 Å². The number of piperidine rings is 1. The second-order valence-corrected chi connectivity index (χ2v) is 5.45. The largest absolute Gasteiger partial charge is 0.453 e. The molecule has 0 radical (unpaired) electrons. The lowest BCUT2D eigenvalue weighted by molar-refractivity contribution is -0.0673. The van der Waals surface area contributed by atoms with Crippen molar-refractivity contribution in [3.8, 4) is 5.75 Å². The Morgan fingerprint density at radius 3 is 2.42 bits per heavy atom. The zero-order chi connectivity index (χ0) is 18.1. The van der Waals surface area contributed by atoms with Crippen molar-refractivity contribution in [1.29, 1.82) is 0 Å². The third-order valence-corrected chi connectivity index (χ3v) is 3.64. The number of aryl methyl sites for hydroxylation is 1. The molecule has 0 bridgehead atoms. The highest BCUT2D eigenvalue weighted by atomic mass is 19.3. The summed E-state index contributed by atoms with van der Waals surface area (Å²) in [7, 11) is 0. The van der Waals surface area contributed by atoms with Gasteiger partial charge in [-0.15, -0.1) is 0 Å². The molecule has 2 N–H and O–H groups in total. The second kappa shape index (κ2) is 6.78. The average Bonchev–Trinajstić information content (AvgIpc) is 2.48. The van der Waals surface area contributed by atoms with Crippen LogP contribution in [0.4, 0.5) is 27.8 Å². The Kier molecular flexibility index (Phi) is 5.14. The molecule has 10 heteroatoms. The fraction of sp³-hybridized carbons (Fsp3) is 0.571. The number of primary amides is 1. The zero-order valence-corrected chi connectivity index (χ0v) is 12.7. The number of halogens is 5. The van der Waals surface area contributed by atoms with E-state index >= 15 is 0 Å². The number of hydrogen-bond acceptors (Lipinski definition) is 4. The molecule has 1 unspecified atom stereocenters. The molecule has 1 aromatic rings. The summed E-state index contributed by atoms with van der Waals surface area (Å²) < 4.78 is 68.5. The van der Waals surface area contributed by atoms with Gasteiger partial charge >= 0.3 is 6.43 Å². The van der Waals surface area contributed by atoms with Gasteiger partial charge < -0.3 is 15.4 Å². The lowest BCUT2D eigenvalue weighted by Crippen LogP contribution is -2.40. The number of pyridine rings is 1. The number of hydrogen-bond donors (Lipinski definition) is 1. The van der Waals surface area contributed by atoms with Gasteiger partial charge in [0, 0.05) is 25.9 Å². The first-order valence-electron chi connectivity index (χ1n) is 7.14. The van der Waals surface area contributed by atoms with Crippen LogP contribution in [-0.2, 0) is 0 Å². The Morgan fingerprint density at radius 2 is 1.92 bits per heavy atom. The monoisotopic (exact) mass is 353 g/mol. The van der Waals surface area contributed by atoms with Crippen LogP contribution in [-0.4, -0.2) is 42.7 Å². The fourth-order valence-corrected chi connectivity index (χ4v) is 2.33. The van der Waals surface area contributed by atoms with E-state index in [-0.39, 0.29) is 35.9 Å². The lowest BCUT2D eigenvalue weighted by atomic mass is 10.1. The predicted molar refractivity (Wildman–Crippen MR) is 75.4 cm³/mol. The number of nitrogens with two attached hydrogens (primary N) is 1. The maximum absolute atomic E-state index is 13.2. The van der Waals surface area contributed by atoms with E-state index in [1.807, 2.05) is 0 Å². The van der Waals surface area contributed by atoms with Gasteiger partial charge in [-0.25, -0.2) is 22.5 Å². The third-order valence-electron chi connectivity index (χ3n) is 3.64. The first-order chi connectivity index (χ1) is 11.1. The number of ether oxygens (including phenoxy) is 1. The van der Waals surface area contributed by atoms with Crippen LogP contribution in [0, 0.1) is 6.92 Å². The molecule has 5 nitrogen and oxygen atoms in total. The molecule has 1 fully saturated rings. The number of alkyl halides is 5. The maximum atomic E-state index is 13.2. The highest BCUT2D eigenvalue weighted by Gasteiger charge is 2.35. The molecule has 0 aromatic carbocycles. The molecular formula is C14H16F5N3O2.